The Kier molecular flexibility index (Phi) is 88.5. The van der Waals surface area contributed by atoms with Gasteiger partial charge in [0.15, 0.2) is 11.6 Å². The molecule has 0 fully saturated rings. The second kappa shape index (κ2) is 93.7. The molecular weight excluding hydrogens is 1850 g/mol. The van der Waals surface area contributed by atoms with Crippen molar-refractivity contribution in [1.29, 1.82) is 0 Å². The van der Waals surface area contributed by atoms with Crippen LogP contribution in [0.3, 0.4) is 0 Å². The van der Waals surface area contributed by atoms with E-state index in [1.54, 1.807) is 20.8 Å². The van der Waals surface area contributed by atoms with Crippen molar-refractivity contribution in [3.05, 3.63) is 0 Å². The van der Waals surface area contributed by atoms with Gasteiger partial charge < -0.3 is 102 Å². The van der Waals surface area contributed by atoms with Crippen LogP contribution in [0.4, 0.5) is 0 Å². The third-order valence-electron chi connectivity index (χ3n) is 24.8. The molecule has 0 aromatic rings. The number of ether oxygens (including phenoxy) is 8. The van der Waals surface area contributed by atoms with Gasteiger partial charge in [0, 0.05) is 143 Å². The number of hydrogen-bond acceptors (Lipinski definition) is 27. The molecule has 0 heterocycles. The number of carbonyl (C=O) groups is 17. The first-order valence-corrected chi connectivity index (χ1v) is 54.0. The van der Waals surface area contributed by atoms with E-state index in [0.717, 1.165) is 109 Å². The smallest absolute Gasteiger partial charge is 0.326 e. The van der Waals surface area contributed by atoms with E-state index >= 15 is 0 Å². The van der Waals surface area contributed by atoms with E-state index in [2.05, 4.69) is 31.9 Å². The van der Waals surface area contributed by atoms with Gasteiger partial charge in [-0.25, -0.2) is 4.79 Å². The quantitative estimate of drug-likeness (QED) is 0.0252. The number of Topliss-reactive ketones (excluding diaryl/α,β-unsaturated/α-hetero) is 7. The van der Waals surface area contributed by atoms with Crippen LogP contribution in [0, 0.1) is 23.2 Å². The Hall–Kier alpha value is -8.01. The van der Waals surface area contributed by atoms with Crippen LogP contribution in [0.2, 0.25) is 0 Å². The predicted molar refractivity (Wildman–Crippen MR) is 548 cm³/mol. The highest BCUT2D eigenvalue weighted by molar-refractivity contribution is 5.93. The van der Waals surface area contributed by atoms with Crippen LogP contribution in [-0.2, 0) is 119 Å². The molecule has 0 aromatic heterocycles. The lowest BCUT2D eigenvalue weighted by Gasteiger charge is -2.23. The number of rotatable bonds is 108. The molecule has 0 aliphatic rings. The number of hydrogen-bond donors (Lipinski definition) is 12. The molecule has 0 rings (SSSR count). The summed E-state index contributed by atoms with van der Waals surface area (Å²) in [6, 6.07) is -2.65. The maximum Gasteiger partial charge on any atom is 0.326 e. The van der Waals surface area contributed by atoms with Crippen LogP contribution in [0.5, 0.6) is 0 Å². The van der Waals surface area contributed by atoms with Gasteiger partial charge in [-0.3, -0.25) is 76.7 Å². The summed E-state index contributed by atoms with van der Waals surface area (Å²) in [6.45, 7) is 10.3. The molecule has 0 radical (unpaired) electrons. The maximum absolute atomic E-state index is 13.9. The minimum absolute atomic E-state index is 0. The predicted octanol–water partition coefficient (Wildman–Crippen LogP) is 13.8. The van der Waals surface area contributed by atoms with E-state index in [9.17, 15) is 91.7 Å². The number of nitrogens with two attached hydrogens (primary N) is 2. The van der Waals surface area contributed by atoms with E-state index < -0.39 is 65.2 Å². The van der Waals surface area contributed by atoms with Gasteiger partial charge in [0.05, 0.1) is 84.1 Å². The molecule has 0 aliphatic carbocycles. The maximum atomic E-state index is 13.9. The van der Waals surface area contributed by atoms with Gasteiger partial charge in [-0.15, -0.1) is 0 Å². The van der Waals surface area contributed by atoms with Crippen molar-refractivity contribution in [1.82, 2.24) is 31.9 Å². The molecular formula is C106H192N8O29. The SMILES string of the molecule is CC(=O)[C@H](CCCCNC(=O)[C@@H](N)CCCCCC(=O)COCCOCCNC(=O)COCCOCCCC(=O)CC[C@H](NC(=O)CCCCCCCCCCCCCCCCC(=O)O)C(=O)O)CC(=O)[C@H](CCCCNC(=O)[C@@H](N)CCCCNC(=O)COCCOCCCC(=O)COCCOCCNC(=O)CC[C@H](CC(=O)CCCCCCCCCCCCCCCCC(=O)O)C(=O)O)CC(=O)C(C)(C)C.[HH].[HH]. The first-order chi connectivity index (χ1) is 68.7. The van der Waals surface area contributed by atoms with E-state index in [1.807, 2.05) is 0 Å². The fourth-order valence-electron chi connectivity index (χ4n) is 15.9. The van der Waals surface area contributed by atoms with Gasteiger partial charge >= 0.3 is 23.9 Å². The lowest BCUT2D eigenvalue weighted by molar-refractivity contribution is -0.144. The van der Waals surface area contributed by atoms with Crippen LogP contribution >= 0.6 is 0 Å². The van der Waals surface area contributed by atoms with Crippen molar-refractivity contribution < 1.29 is 143 Å². The molecule has 143 heavy (non-hydrogen) atoms. The number of amides is 6. The van der Waals surface area contributed by atoms with Crippen molar-refractivity contribution in [2.24, 2.45) is 34.6 Å². The standard InChI is InChI=1S/C106H188N8O29.2H2/c1-83(115)84(44-36-39-60-112-102(130)91(107)50-32-29-31-47-89(118)79-140-72-71-139-67-63-111-99(125)82-143-75-68-136-64-42-48-87(116)56-57-93(105(134)135)114-97(123)52-33-26-22-18-14-10-6-8-12-16-20-24-28-35-54-101(128)129)77-94(120)85(78-95(121)106(2,3)4)45-37-40-61-113-103(131)92(108)51-38-41-59-109-98(124)81-142-74-69-137-65-43-49-90(119)80-141-73-70-138-66-62-110-96(122)58-55-86(104(132)133)76-88(117)46-30-25-21-17-13-9-5-7-11-15-19-23-27-34-53-100(126)127;;/h84-86,91-93H,5-82,107-108H2,1-4H3,(H,109,124)(H,110,122)(H,111,125)(H,112,130)(H,113,131)(H,114,123)(H,126,127)(H,128,129)(H,132,133)(H,134,135);2*1H/t84-,85-,86-,91+,92+,93+;;/m1../s1. The molecule has 6 amide bonds. The zero-order valence-electron chi connectivity index (χ0n) is 87.8. The van der Waals surface area contributed by atoms with Crippen LogP contribution in [-0.4, -0.2) is 277 Å². The summed E-state index contributed by atoms with van der Waals surface area (Å²) >= 11 is 0. The third kappa shape index (κ3) is 89.0. The van der Waals surface area contributed by atoms with Gasteiger partial charge in [0.1, 0.15) is 61.4 Å². The summed E-state index contributed by atoms with van der Waals surface area (Å²) in [4.78, 5) is 210. The van der Waals surface area contributed by atoms with E-state index in [0.29, 0.717) is 142 Å². The summed E-state index contributed by atoms with van der Waals surface area (Å²) in [5, 5.41) is 53.2. The number of carboxylic acid groups (broad SMARTS) is 4. The Balaban J connectivity index is -0.000101. The van der Waals surface area contributed by atoms with Gasteiger partial charge in [-0.05, 0) is 116 Å². The first kappa shape index (κ1) is 135. The molecule has 0 aliphatic heterocycles. The molecule has 0 spiro atoms. The van der Waals surface area contributed by atoms with Crippen molar-refractivity contribution in [3.63, 3.8) is 0 Å². The highest BCUT2D eigenvalue weighted by atomic mass is 16.5. The van der Waals surface area contributed by atoms with Crippen molar-refractivity contribution in [2.75, 3.05) is 138 Å². The van der Waals surface area contributed by atoms with Crippen LogP contribution in [0.15, 0.2) is 0 Å². The Morgan fingerprint density at radius 2 is 0.601 bits per heavy atom. The van der Waals surface area contributed by atoms with E-state index in [1.165, 1.54) is 71.1 Å². The molecule has 37 nitrogen and oxygen atoms in total. The molecule has 6 atom stereocenters. The van der Waals surface area contributed by atoms with E-state index in [-0.39, 0.29) is 268 Å². The fourth-order valence-corrected chi connectivity index (χ4v) is 15.9. The first-order valence-electron chi connectivity index (χ1n) is 54.0. The zero-order chi connectivity index (χ0) is 106. The Morgan fingerprint density at radius 3 is 1.01 bits per heavy atom. The summed E-state index contributed by atoms with van der Waals surface area (Å²) < 4.78 is 43.6. The van der Waals surface area contributed by atoms with Crippen molar-refractivity contribution in [3.8, 4) is 0 Å². The van der Waals surface area contributed by atoms with Gasteiger partial charge in [-0.1, -0.05) is 201 Å². The Morgan fingerprint density at radius 1 is 0.266 bits per heavy atom. The lowest BCUT2D eigenvalue weighted by Crippen LogP contribution is -2.41. The summed E-state index contributed by atoms with van der Waals surface area (Å²) in [7, 11) is 0. The van der Waals surface area contributed by atoms with Gasteiger partial charge in [0.25, 0.3) is 0 Å². The average Bonchev–Trinajstić information content (AvgIpc) is 0.864. The number of carboxylic acids is 4. The minimum atomic E-state index is -1.18. The van der Waals surface area contributed by atoms with Crippen molar-refractivity contribution >= 4 is 99.8 Å². The van der Waals surface area contributed by atoms with Crippen LogP contribution in [0.1, 0.15) is 397 Å². The number of nitrogens with one attached hydrogen (secondary N) is 6. The largest absolute Gasteiger partial charge is 0.481 e. The summed E-state index contributed by atoms with van der Waals surface area (Å²) in [5.74, 6) is -8.53. The van der Waals surface area contributed by atoms with Crippen LogP contribution < -0.4 is 43.4 Å². The number of aliphatic carboxylic acids is 4. The molecule has 0 bridgehead atoms. The van der Waals surface area contributed by atoms with Crippen molar-refractivity contribution in [2.45, 2.75) is 412 Å². The molecule has 830 valence electrons. The third-order valence-corrected chi connectivity index (χ3v) is 24.8. The second-order valence-corrected chi connectivity index (χ2v) is 39.0. The molecule has 0 aromatic carbocycles. The summed E-state index contributed by atoms with van der Waals surface area (Å²) in [5.41, 5.74) is 11.7. The van der Waals surface area contributed by atoms with Gasteiger partial charge in [0.2, 0.25) is 35.4 Å². The normalized spacial score (nSPS) is 12.7. The number of carbonyl (C=O) groups excluding carboxylic acids is 13. The molecule has 0 saturated carbocycles. The van der Waals surface area contributed by atoms with E-state index in [4.69, 9.17) is 59.6 Å². The number of ketones is 7. The minimum Gasteiger partial charge on any atom is -0.481 e. The van der Waals surface area contributed by atoms with Crippen LogP contribution in [0.25, 0.3) is 0 Å². The Bertz CT molecular complexity index is 3470. The highest BCUT2D eigenvalue weighted by Gasteiger charge is 2.32. The lowest BCUT2D eigenvalue weighted by atomic mass is 9.79. The van der Waals surface area contributed by atoms with Gasteiger partial charge in [-0.2, -0.15) is 0 Å². The average molecular weight is 2040 g/mol. The monoisotopic (exact) mass is 2040 g/mol. The second-order valence-electron chi connectivity index (χ2n) is 39.0. The molecule has 0 saturated heterocycles. The molecule has 37 heteroatoms. The molecule has 14 N–H and O–H groups in total. The fraction of sp³-hybridized carbons (Fsp3) is 0.840. The summed E-state index contributed by atoms with van der Waals surface area (Å²) in [6.07, 6.45) is 39.5. The topological polar surface area (TPSA) is 569 Å². The molecule has 0 unspecified atom stereocenters. The zero-order valence-corrected chi connectivity index (χ0v) is 87.8. The Labute approximate surface area is 855 Å². The number of unbranched alkanes of at least 4 members (excludes halogenated alkanes) is 31. The highest BCUT2D eigenvalue weighted by Crippen LogP contribution is 2.28.